The van der Waals surface area contributed by atoms with Crippen LogP contribution in [0.2, 0.25) is 0 Å². The highest BCUT2D eigenvalue weighted by molar-refractivity contribution is 7.09. The molecular formula is C24H28N2O2S. The lowest BCUT2D eigenvalue weighted by Crippen LogP contribution is -2.32. The molecule has 3 rings (SSSR count). The normalized spacial score (nSPS) is 10.8. The Kier molecular flexibility index (Phi) is 7.04. The third-order valence-electron chi connectivity index (χ3n) is 4.67. The zero-order valence-electron chi connectivity index (χ0n) is 17.6. The summed E-state index contributed by atoms with van der Waals surface area (Å²) in [5, 5.41) is 2.94. The number of aryl methyl sites for hydroxylation is 3. The van der Waals surface area contributed by atoms with E-state index in [9.17, 15) is 4.79 Å². The van der Waals surface area contributed by atoms with Gasteiger partial charge in [0.2, 0.25) is 0 Å². The fourth-order valence-electron chi connectivity index (χ4n) is 3.35. The van der Waals surface area contributed by atoms with E-state index in [1.165, 1.54) is 11.1 Å². The maximum atomic E-state index is 13.0. The van der Waals surface area contributed by atoms with Crippen molar-refractivity contribution in [3.63, 3.8) is 0 Å². The molecule has 0 saturated heterocycles. The highest BCUT2D eigenvalue weighted by Crippen LogP contribution is 2.20. The van der Waals surface area contributed by atoms with Crippen molar-refractivity contribution in [2.75, 3.05) is 6.54 Å². The molecule has 0 bridgehead atoms. The van der Waals surface area contributed by atoms with Gasteiger partial charge >= 0.3 is 0 Å². The maximum absolute atomic E-state index is 13.0. The summed E-state index contributed by atoms with van der Waals surface area (Å²) in [6, 6.07) is 13.9. The van der Waals surface area contributed by atoms with Crippen LogP contribution in [0.5, 0.6) is 5.75 Å². The Hall–Kier alpha value is -2.66. The van der Waals surface area contributed by atoms with Crippen LogP contribution in [0.25, 0.3) is 0 Å². The summed E-state index contributed by atoms with van der Waals surface area (Å²) in [6.45, 7) is 9.85. The van der Waals surface area contributed by atoms with E-state index in [2.05, 4.69) is 26.8 Å². The lowest BCUT2D eigenvalue weighted by atomic mass is 10.1. The first-order valence-electron chi connectivity index (χ1n) is 9.95. The van der Waals surface area contributed by atoms with Crippen LogP contribution in [0, 0.1) is 20.8 Å². The topological polar surface area (TPSA) is 42.4 Å². The smallest absolute Gasteiger partial charge is 0.254 e. The quantitative estimate of drug-likeness (QED) is 0.480. The molecule has 5 heteroatoms. The Bertz CT molecular complexity index is 960. The number of hydrogen-bond donors (Lipinski definition) is 0. The molecule has 1 amide bonds. The number of rotatable bonds is 8. The van der Waals surface area contributed by atoms with Gasteiger partial charge in [-0.1, -0.05) is 31.2 Å². The first-order valence-corrected chi connectivity index (χ1v) is 10.8. The molecule has 0 radical (unpaired) electrons. The van der Waals surface area contributed by atoms with Crippen molar-refractivity contribution < 1.29 is 9.53 Å². The summed E-state index contributed by atoms with van der Waals surface area (Å²) in [5.41, 5.74) is 5.04. The number of nitrogens with zero attached hydrogens (tertiary/aromatic N) is 2. The van der Waals surface area contributed by atoms with Gasteiger partial charge in [0.25, 0.3) is 5.91 Å². The second kappa shape index (κ2) is 9.70. The largest absolute Gasteiger partial charge is 0.486 e. The number of carbonyl (C=O) groups excluding carboxylic acids is 1. The molecule has 29 heavy (non-hydrogen) atoms. The highest BCUT2D eigenvalue weighted by atomic mass is 32.1. The van der Waals surface area contributed by atoms with Gasteiger partial charge < -0.3 is 9.64 Å². The van der Waals surface area contributed by atoms with Crippen LogP contribution in [0.15, 0.2) is 47.8 Å². The van der Waals surface area contributed by atoms with Gasteiger partial charge in [0.05, 0.1) is 12.2 Å². The minimum absolute atomic E-state index is 0.0611. The van der Waals surface area contributed by atoms with E-state index in [0.717, 1.165) is 34.0 Å². The molecule has 0 aliphatic heterocycles. The standard InChI is InChI=1S/C24H28N2O2S/c1-5-10-26(24(27)22-9-7-6-8-19(22)4)14-20-16-29-23(25-20)15-28-21-12-17(2)11-18(3)13-21/h6-9,11-13,16H,5,10,14-15H2,1-4H3. The van der Waals surface area contributed by atoms with Crippen molar-refractivity contribution in [3.8, 4) is 5.75 Å². The average molecular weight is 409 g/mol. The molecule has 0 saturated carbocycles. The minimum atomic E-state index is 0.0611. The highest BCUT2D eigenvalue weighted by Gasteiger charge is 2.18. The van der Waals surface area contributed by atoms with Crippen LogP contribution in [0.1, 0.15) is 51.1 Å². The van der Waals surface area contributed by atoms with Crippen LogP contribution in [-0.2, 0) is 13.2 Å². The molecule has 1 aromatic heterocycles. The summed E-state index contributed by atoms with van der Waals surface area (Å²) in [4.78, 5) is 19.6. The van der Waals surface area contributed by atoms with Gasteiger partial charge in [-0.15, -0.1) is 11.3 Å². The Morgan fingerprint density at radius 1 is 1.10 bits per heavy atom. The van der Waals surface area contributed by atoms with Crippen molar-refractivity contribution in [1.29, 1.82) is 0 Å². The van der Waals surface area contributed by atoms with E-state index in [0.29, 0.717) is 19.7 Å². The van der Waals surface area contributed by atoms with Gasteiger partial charge in [-0.3, -0.25) is 4.79 Å². The molecule has 0 atom stereocenters. The summed E-state index contributed by atoms with van der Waals surface area (Å²) in [7, 11) is 0. The van der Waals surface area contributed by atoms with Gasteiger partial charge in [-0.05, 0) is 62.1 Å². The molecule has 152 valence electrons. The van der Waals surface area contributed by atoms with Crippen LogP contribution < -0.4 is 4.74 Å². The van der Waals surface area contributed by atoms with E-state index in [1.54, 1.807) is 11.3 Å². The fraction of sp³-hybridized carbons (Fsp3) is 0.333. The molecule has 0 aliphatic rings. The number of benzene rings is 2. The first-order chi connectivity index (χ1) is 14.0. The first kappa shape index (κ1) is 21.1. The number of ether oxygens (including phenoxy) is 1. The summed E-state index contributed by atoms with van der Waals surface area (Å²) >= 11 is 1.57. The zero-order chi connectivity index (χ0) is 20.8. The number of hydrogen-bond acceptors (Lipinski definition) is 4. The molecular weight excluding hydrogens is 380 g/mol. The van der Waals surface area contributed by atoms with Crippen molar-refractivity contribution >= 4 is 17.2 Å². The Labute approximate surface area is 177 Å². The van der Waals surface area contributed by atoms with Crippen molar-refractivity contribution in [3.05, 3.63) is 80.8 Å². The van der Waals surface area contributed by atoms with Gasteiger partial charge in [0.15, 0.2) is 0 Å². The SMILES string of the molecule is CCCN(Cc1csc(COc2cc(C)cc(C)c2)n1)C(=O)c1ccccc1C. The van der Waals surface area contributed by atoms with Gasteiger partial charge in [-0.25, -0.2) is 4.98 Å². The summed E-state index contributed by atoms with van der Waals surface area (Å²) < 4.78 is 5.92. The molecule has 0 fully saturated rings. The van der Waals surface area contributed by atoms with Gasteiger partial charge in [-0.2, -0.15) is 0 Å². The third kappa shape index (κ3) is 5.67. The molecule has 3 aromatic rings. The number of aromatic nitrogens is 1. The van der Waals surface area contributed by atoms with Gasteiger partial charge in [0.1, 0.15) is 17.4 Å². The predicted octanol–water partition coefficient (Wildman–Crippen LogP) is 5.70. The Morgan fingerprint density at radius 3 is 2.52 bits per heavy atom. The summed E-state index contributed by atoms with van der Waals surface area (Å²) in [6.07, 6.45) is 0.907. The van der Waals surface area contributed by atoms with E-state index in [1.807, 2.05) is 53.6 Å². The zero-order valence-corrected chi connectivity index (χ0v) is 18.4. The molecule has 1 heterocycles. The van der Waals surface area contributed by atoms with Gasteiger partial charge in [0, 0.05) is 17.5 Å². The lowest BCUT2D eigenvalue weighted by Gasteiger charge is -2.22. The van der Waals surface area contributed by atoms with E-state index in [4.69, 9.17) is 9.72 Å². The average Bonchev–Trinajstić information content (AvgIpc) is 3.13. The van der Waals surface area contributed by atoms with Crippen molar-refractivity contribution in [2.45, 2.75) is 47.3 Å². The second-order valence-electron chi connectivity index (χ2n) is 7.39. The maximum Gasteiger partial charge on any atom is 0.254 e. The molecule has 0 unspecified atom stereocenters. The van der Waals surface area contributed by atoms with E-state index in [-0.39, 0.29) is 5.91 Å². The lowest BCUT2D eigenvalue weighted by molar-refractivity contribution is 0.0740. The summed E-state index contributed by atoms with van der Waals surface area (Å²) in [5.74, 6) is 0.924. The molecule has 2 aromatic carbocycles. The van der Waals surface area contributed by atoms with Crippen LogP contribution in [0.3, 0.4) is 0 Å². The van der Waals surface area contributed by atoms with Crippen LogP contribution in [0.4, 0.5) is 0 Å². The van der Waals surface area contributed by atoms with Crippen LogP contribution in [-0.4, -0.2) is 22.3 Å². The monoisotopic (exact) mass is 408 g/mol. The molecule has 4 nitrogen and oxygen atoms in total. The Balaban J connectivity index is 1.66. The number of amides is 1. The number of thiazole rings is 1. The molecule has 0 aliphatic carbocycles. The van der Waals surface area contributed by atoms with Crippen molar-refractivity contribution in [2.24, 2.45) is 0 Å². The number of carbonyl (C=O) groups is 1. The Morgan fingerprint density at radius 2 is 1.83 bits per heavy atom. The van der Waals surface area contributed by atoms with E-state index < -0.39 is 0 Å². The fourth-order valence-corrected chi connectivity index (χ4v) is 4.05. The predicted molar refractivity (Wildman–Crippen MR) is 119 cm³/mol. The third-order valence-corrected chi connectivity index (χ3v) is 5.54. The second-order valence-corrected chi connectivity index (χ2v) is 8.33. The molecule has 0 spiro atoms. The molecule has 0 N–H and O–H groups in total. The van der Waals surface area contributed by atoms with Crippen molar-refractivity contribution in [1.82, 2.24) is 9.88 Å². The van der Waals surface area contributed by atoms with Crippen LogP contribution >= 0.6 is 11.3 Å². The minimum Gasteiger partial charge on any atom is -0.486 e. The van der Waals surface area contributed by atoms with E-state index >= 15 is 0 Å².